The number of aryl methyl sites for hydroxylation is 1. The van der Waals surface area contributed by atoms with E-state index in [1.807, 2.05) is 42.5 Å². The van der Waals surface area contributed by atoms with Crippen LogP contribution in [0.15, 0.2) is 53.3 Å². The minimum atomic E-state index is -0.138. The van der Waals surface area contributed by atoms with E-state index in [4.69, 9.17) is 4.74 Å². The SMILES string of the molecule is COc1ccc(-c2nnc(-n3c(C)nc4ccccc4c3=O)s2)cc1. The predicted molar refractivity (Wildman–Crippen MR) is 97.5 cm³/mol. The summed E-state index contributed by atoms with van der Waals surface area (Å²) in [4.78, 5) is 17.3. The molecule has 0 unspecified atom stereocenters. The van der Waals surface area contributed by atoms with Gasteiger partial charge in [0.2, 0.25) is 5.13 Å². The van der Waals surface area contributed by atoms with Crippen molar-refractivity contribution < 1.29 is 4.74 Å². The van der Waals surface area contributed by atoms with Gasteiger partial charge in [-0.3, -0.25) is 4.79 Å². The predicted octanol–water partition coefficient (Wildman–Crippen LogP) is 3.22. The molecule has 6 nitrogen and oxygen atoms in total. The van der Waals surface area contributed by atoms with Crippen LogP contribution in [-0.2, 0) is 0 Å². The van der Waals surface area contributed by atoms with Crippen molar-refractivity contribution in [1.29, 1.82) is 0 Å². The van der Waals surface area contributed by atoms with Gasteiger partial charge in [-0.15, -0.1) is 10.2 Å². The number of para-hydroxylation sites is 1. The van der Waals surface area contributed by atoms with E-state index < -0.39 is 0 Å². The zero-order valence-electron chi connectivity index (χ0n) is 13.6. The maximum absolute atomic E-state index is 12.8. The molecule has 0 aliphatic carbocycles. The number of rotatable bonds is 3. The van der Waals surface area contributed by atoms with Gasteiger partial charge in [-0.05, 0) is 43.3 Å². The van der Waals surface area contributed by atoms with Crippen molar-refractivity contribution in [3.63, 3.8) is 0 Å². The Morgan fingerprint density at radius 3 is 2.56 bits per heavy atom. The Balaban J connectivity index is 1.82. The van der Waals surface area contributed by atoms with Crippen LogP contribution in [0.2, 0.25) is 0 Å². The number of methoxy groups -OCH3 is 1. The van der Waals surface area contributed by atoms with Crippen LogP contribution in [0.25, 0.3) is 26.6 Å². The fourth-order valence-electron chi connectivity index (χ4n) is 2.63. The molecule has 4 aromatic rings. The second kappa shape index (κ2) is 6.10. The van der Waals surface area contributed by atoms with Gasteiger partial charge in [0.15, 0.2) is 0 Å². The van der Waals surface area contributed by atoms with Gasteiger partial charge in [0.1, 0.15) is 16.6 Å². The van der Waals surface area contributed by atoms with Crippen molar-refractivity contribution in [2.45, 2.75) is 6.92 Å². The van der Waals surface area contributed by atoms with Gasteiger partial charge < -0.3 is 4.74 Å². The summed E-state index contributed by atoms with van der Waals surface area (Å²) < 4.78 is 6.67. The fourth-order valence-corrected chi connectivity index (χ4v) is 3.52. The Morgan fingerprint density at radius 2 is 1.80 bits per heavy atom. The summed E-state index contributed by atoms with van der Waals surface area (Å²) in [5.74, 6) is 1.36. The molecule has 0 saturated heterocycles. The maximum atomic E-state index is 12.8. The van der Waals surface area contributed by atoms with Crippen LogP contribution < -0.4 is 10.3 Å². The van der Waals surface area contributed by atoms with Gasteiger partial charge in [-0.25, -0.2) is 9.55 Å². The van der Waals surface area contributed by atoms with Gasteiger partial charge in [0, 0.05) is 5.56 Å². The lowest BCUT2D eigenvalue weighted by Crippen LogP contribution is -2.22. The molecule has 2 heterocycles. The standard InChI is InChI=1S/C18H14N4O2S/c1-11-19-15-6-4-3-5-14(15)17(23)22(11)18-21-20-16(25-18)12-7-9-13(24-2)10-8-12/h3-10H,1-2H3. The lowest BCUT2D eigenvalue weighted by Gasteiger charge is -2.06. The molecule has 0 radical (unpaired) electrons. The molecule has 2 aromatic carbocycles. The molecule has 124 valence electrons. The van der Waals surface area contributed by atoms with E-state index >= 15 is 0 Å². The molecule has 0 bridgehead atoms. The summed E-state index contributed by atoms with van der Waals surface area (Å²) in [5, 5.41) is 10.2. The normalized spacial score (nSPS) is 11.0. The summed E-state index contributed by atoms with van der Waals surface area (Å²) >= 11 is 1.35. The summed E-state index contributed by atoms with van der Waals surface area (Å²) in [5.41, 5.74) is 1.46. The Labute approximate surface area is 147 Å². The molecule has 0 aliphatic heterocycles. The topological polar surface area (TPSA) is 69.9 Å². The molecule has 0 aliphatic rings. The van der Waals surface area contributed by atoms with E-state index in [1.165, 1.54) is 15.9 Å². The Hall–Kier alpha value is -3.06. The van der Waals surface area contributed by atoms with Gasteiger partial charge >= 0.3 is 0 Å². The molecule has 0 N–H and O–H groups in total. The van der Waals surface area contributed by atoms with E-state index in [2.05, 4.69) is 15.2 Å². The van der Waals surface area contributed by atoms with Crippen LogP contribution in [0.4, 0.5) is 0 Å². The molecule has 0 amide bonds. The van der Waals surface area contributed by atoms with Gasteiger partial charge in [-0.2, -0.15) is 0 Å². The quantitative estimate of drug-likeness (QED) is 0.567. The summed E-state index contributed by atoms with van der Waals surface area (Å²) in [6, 6.07) is 14.9. The second-order valence-electron chi connectivity index (χ2n) is 5.44. The molecule has 0 saturated carbocycles. The molecule has 0 atom stereocenters. The minimum Gasteiger partial charge on any atom is -0.497 e. The summed E-state index contributed by atoms with van der Waals surface area (Å²) in [6.07, 6.45) is 0. The average molecular weight is 350 g/mol. The van der Waals surface area contributed by atoms with Crippen molar-refractivity contribution in [2.75, 3.05) is 7.11 Å². The molecular formula is C18H14N4O2S. The molecule has 7 heteroatoms. The van der Waals surface area contributed by atoms with Crippen molar-refractivity contribution in [2.24, 2.45) is 0 Å². The lowest BCUT2D eigenvalue weighted by atomic mass is 10.2. The minimum absolute atomic E-state index is 0.138. The van der Waals surface area contributed by atoms with Gasteiger partial charge in [-0.1, -0.05) is 23.5 Å². The first-order chi connectivity index (χ1) is 12.2. The Morgan fingerprint density at radius 1 is 1.04 bits per heavy atom. The van der Waals surface area contributed by atoms with E-state index in [-0.39, 0.29) is 5.56 Å². The van der Waals surface area contributed by atoms with Crippen LogP contribution in [0.3, 0.4) is 0 Å². The van der Waals surface area contributed by atoms with Crippen LogP contribution in [0, 0.1) is 6.92 Å². The van der Waals surface area contributed by atoms with Gasteiger partial charge in [0.05, 0.1) is 18.0 Å². The molecule has 25 heavy (non-hydrogen) atoms. The third-order valence-corrected chi connectivity index (χ3v) is 4.84. The van der Waals surface area contributed by atoms with Crippen LogP contribution in [-0.4, -0.2) is 26.9 Å². The van der Waals surface area contributed by atoms with E-state index in [9.17, 15) is 4.79 Å². The van der Waals surface area contributed by atoms with E-state index in [0.717, 1.165) is 16.3 Å². The smallest absolute Gasteiger partial charge is 0.267 e. The summed E-state index contributed by atoms with van der Waals surface area (Å²) in [7, 11) is 1.62. The number of benzene rings is 2. The largest absolute Gasteiger partial charge is 0.497 e. The molecule has 0 spiro atoms. The number of nitrogens with zero attached hydrogens (tertiary/aromatic N) is 4. The summed E-state index contributed by atoms with van der Waals surface area (Å²) in [6.45, 7) is 1.79. The number of ether oxygens (including phenoxy) is 1. The van der Waals surface area contributed by atoms with Crippen molar-refractivity contribution in [3.05, 3.63) is 64.7 Å². The zero-order chi connectivity index (χ0) is 17.4. The van der Waals surface area contributed by atoms with Crippen molar-refractivity contribution in [3.8, 4) is 21.5 Å². The molecule has 4 rings (SSSR count). The van der Waals surface area contributed by atoms with E-state index in [0.29, 0.717) is 21.9 Å². The average Bonchev–Trinajstić information content (AvgIpc) is 3.11. The molecule has 0 fully saturated rings. The van der Waals surface area contributed by atoms with Crippen LogP contribution in [0.5, 0.6) is 5.75 Å². The third-order valence-electron chi connectivity index (χ3n) is 3.89. The van der Waals surface area contributed by atoms with Crippen LogP contribution in [0.1, 0.15) is 5.82 Å². The third kappa shape index (κ3) is 2.68. The van der Waals surface area contributed by atoms with Crippen molar-refractivity contribution >= 4 is 22.2 Å². The highest BCUT2D eigenvalue weighted by Gasteiger charge is 2.14. The highest BCUT2D eigenvalue weighted by atomic mass is 32.1. The number of hydrogen-bond donors (Lipinski definition) is 0. The first-order valence-corrected chi connectivity index (χ1v) is 8.46. The van der Waals surface area contributed by atoms with Gasteiger partial charge in [0.25, 0.3) is 5.56 Å². The number of hydrogen-bond acceptors (Lipinski definition) is 6. The lowest BCUT2D eigenvalue weighted by molar-refractivity contribution is 0.415. The Bertz CT molecular complexity index is 1120. The number of aromatic nitrogens is 4. The van der Waals surface area contributed by atoms with E-state index in [1.54, 1.807) is 20.1 Å². The first-order valence-electron chi connectivity index (χ1n) is 7.64. The second-order valence-corrected chi connectivity index (χ2v) is 6.39. The fraction of sp³-hybridized carbons (Fsp3) is 0.111. The van der Waals surface area contributed by atoms with Crippen molar-refractivity contribution in [1.82, 2.24) is 19.7 Å². The highest BCUT2D eigenvalue weighted by molar-refractivity contribution is 7.17. The molecular weight excluding hydrogens is 336 g/mol. The maximum Gasteiger partial charge on any atom is 0.267 e. The number of fused-ring (bicyclic) bond motifs is 1. The van der Waals surface area contributed by atoms with Crippen LogP contribution >= 0.6 is 11.3 Å². The first kappa shape index (κ1) is 15.5. The Kier molecular flexibility index (Phi) is 3.77. The molecule has 2 aromatic heterocycles. The highest BCUT2D eigenvalue weighted by Crippen LogP contribution is 2.27. The monoisotopic (exact) mass is 350 g/mol. The zero-order valence-corrected chi connectivity index (χ0v) is 14.4.